The minimum atomic E-state index is -0.541. The maximum atomic E-state index is 12.9. The lowest BCUT2D eigenvalue weighted by Gasteiger charge is -2.36. The van der Waals surface area contributed by atoms with Crippen LogP contribution in [0.25, 0.3) is 22.1 Å². The van der Waals surface area contributed by atoms with Crippen molar-refractivity contribution in [2.24, 2.45) is 0 Å². The minimum absolute atomic E-state index is 0.00831. The number of rotatable bonds is 9. The van der Waals surface area contributed by atoms with E-state index in [1.807, 2.05) is 29.2 Å². The quantitative estimate of drug-likeness (QED) is 0.0882. The Morgan fingerprint density at radius 1 is 0.613 bits per heavy atom. The first-order valence-corrected chi connectivity index (χ1v) is 26.4. The van der Waals surface area contributed by atoms with Gasteiger partial charge >= 0.3 is 5.82 Å². The molecule has 1 N–H and O–H groups in total. The summed E-state index contributed by atoms with van der Waals surface area (Å²) in [5, 5.41) is 15.7. The van der Waals surface area contributed by atoms with Crippen molar-refractivity contribution in [3.63, 3.8) is 0 Å². The van der Waals surface area contributed by atoms with E-state index in [1.165, 1.54) is 25.1 Å². The van der Waals surface area contributed by atoms with Gasteiger partial charge in [0.2, 0.25) is 23.0 Å². The fourth-order valence-corrected chi connectivity index (χ4v) is 11.7. The number of aromatic nitrogens is 8. The molecule has 10 heterocycles. The summed E-state index contributed by atoms with van der Waals surface area (Å²) in [4.78, 5) is 97.8. The summed E-state index contributed by atoms with van der Waals surface area (Å²) >= 11 is 5.92. The molecule has 0 aromatic carbocycles. The predicted octanol–water partition coefficient (Wildman–Crippen LogP) is 6.90. The second-order valence-electron chi connectivity index (χ2n) is 20.5. The van der Waals surface area contributed by atoms with Crippen molar-refractivity contribution >= 4 is 86.3 Å². The third-order valence-electron chi connectivity index (χ3n) is 15.3. The third-order valence-corrected chi connectivity index (χ3v) is 15.5. The molecule has 23 heteroatoms. The van der Waals surface area contributed by atoms with E-state index in [1.54, 1.807) is 67.5 Å². The average Bonchev–Trinajstić information content (AvgIpc) is 4.29. The van der Waals surface area contributed by atoms with Crippen LogP contribution in [0.15, 0.2) is 61.2 Å². The second-order valence-corrected chi connectivity index (χ2v) is 20.8. The van der Waals surface area contributed by atoms with Gasteiger partial charge in [-0.15, -0.1) is 0 Å². The number of pyridine rings is 2. The van der Waals surface area contributed by atoms with Crippen LogP contribution in [0.2, 0.25) is 5.28 Å². The van der Waals surface area contributed by atoms with E-state index in [0.29, 0.717) is 48.0 Å². The highest BCUT2D eigenvalue weighted by molar-refractivity contribution is 6.28. The molecule has 0 radical (unpaired) electrons. The number of nitrogens with zero attached hydrogens (tertiary/aromatic N) is 15. The van der Waals surface area contributed by atoms with Crippen LogP contribution in [0.4, 0.5) is 29.0 Å². The second kappa shape index (κ2) is 22.0. The van der Waals surface area contributed by atoms with Gasteiger partial charge < -0.3 is 44.2 Å². The zero-order valence-electron chi connectivity index (χ0n) is 42.8. The van der Waals surface area contributed by atoms with Crippen molar-refractivity contribution in [2.75, 3.05) is 82.6 Å². The van der Waals surface area contributed by atoms with E-state index in [4.69, 9.17) is 16.6 Å². The maximum absolute atomic E-state index is 12.9. The maximum Gasteiger partial charge on any atom is 0.363 e. The molecule has 2 saturated carbocycles. The van der Waals surface area contributed by atoms with Crippen molar-refractivity contribution in [2.45, 2.75) is 101 Å². The van der Waals surface area contributed by atoms with Crippen LogP contribution in [-0.2, 0) is 9.59 Å². The number of carbonyl (C=O) groups is 4. The van der Waals surface area contributed by atoms with E-state index in [9.17, 15) is 29.3 Å². The predicted molar refractivity (Wildman–Crippen MR) is 283 cm³/mol. The molecule has 4 saturated heterocycles. The number of hydrogen-bond donors (Lipinski definition) is 1. The molecule has 2 aliphatic carbocycles. The van der Waals surface area contributed by atoms with Crippen LogP contribution >= 0.6 is 11.6 Å². The number of anilines is 4. The Hall–Kier alpha value is -7.17. The number of piperazine rings is 2. The standard InChI is InChI=1S/C26H32N8O2.C14H17ClN4O.C12H14N4O3/c1-31(2)24(35)21-14-17-15-28-26(30-23(17)34(21)18-6-3-4-7-18)29-22-10-9-19(16-27-22)33-13-12-32-11-5-8-20(32)25(33)36;1-18(2)13(20)11-7-9-8-16-14(15)17-12(9)19(11)10-5-3-4-6-10;17-12-10-2-1-5-14(10)6-7-15(12)9-3-4-11(13-8-9)16(18)19/h9-10,14-16,18,20H,3-8,11-13H2,1-2H3,(H,27,28,29,30);7-8,10H,3-6H2,1-2H3;3-4,8,10H,1-2,5-7H2. The van der Waals surface area contributed by atoms with Gasteiger partial charge in [-0.05, 0) is 116 Å². The highest BCUT2D eigenvalue weighted by Gasteiger charge is 2.40. The molecular weight excluding hydrogens is 980 g/mol. The Bertz CT molecular complexity index is 3100. The summed E-state index contributed by atoms with van der Waals surface area (Å²) in [7, 11) is 7.07. The minimum Gasteiger partial charge on any atom is -0.358 e. The summed E-state index contributed by atoms with van der Waals surface area (Å²) in [6.45, 7) is 5.08. The number of carbonyl (C=O) groups excluding carboxylic acids is 4. The van der Waals surface area contributed by atoms with Crippen molar-refractivity contribution in [3.8, 4) is 0 Å². The van der Waals surface area contributed by atoms with Crippen LogP contribution in [0.3, 0.4) is 0 Å². The molecule has 75 heavy (non-hydrogen) atoms. The highest BCUT2D eigenvalue weighted by atomic mass is 35.5. The number of nitrogens with one attached hydrogen (secondary N) is 1. The summed E-state index contributed by atoms with van der Waals surface area (Å²) in [6, 6.07) is 11.1. The number of fused-ring (bicyclic) bond motifs is 4. The molecule has 0 bridgehead atoms. The zero-order chi connectivity index (χ0) is 52.5. The van der Waals surface area contributed by atoms with Gasteiger partial charge in [0.15, 0.2) is 6.20 Å². The molecule has 12 rings (SSSR count). The molecule has 22 nitrogen and oxygen atoms in total. The molecular formula is C52H63ClN16O6. The molecule has 6 fully saturated rings. The molecule has 2 atom stereocenters. The molecule has 6 aromatic rings. The zero-order valence-corrected chi connectivity index (χ0v) is 43.6. The largest absolute Gasteiger partial charge is 0.363 e. The summed E-state index contributed by atoms with van der Waals surface area (Å²) in [5.74, 6) is 1.06. The van der Waals surface area contributed by atoms with Gasteiger partial charge in [0.1, 0.15) is 28.5 Å². The average molecular weight is 1040 g/mol. The summed E-state index contributed by atoms with van der Waals surface area (Å²) < 4.78 is 4.15. The van der Waals surface area contributed by atoms with Crippen molar-refractivity contribution in [1.82, 2.24) is 58.6 Å². The van der Waals surface area contributed by atoms with Crippen LogP contribution in [0, 0.1) is 10.1 Å². The fraction of sp³-hybridized carbons (Fsp3) is 0.500. The van der Waals surface area contributed by atoms with Crippen LogP contribution in [0.5, 0.6) is 0 Å². The normalized spacial score (nSPS) is 20.2. The molecule has 2 unspecified atom stereocenters. The summed E-state index contributed by atoms with van der Waals surface area (Å²) in [6.07, 6.45) is 19.5. The number of halogens is 1. The van der Waals surface area contributed by atoms with E-state index >= 15 is 0 Å². The molecule has 6 aliphatic rings. The van der Waals surface area contributed by atoms with Crippen LogP contribution in [0.1, 0.15) is 110 Å². The van der Waals surface area contributed by atoms with E-state index in [2.05, 4.69) is 49.2 Å². The molecule has 394 valence electrons. The monoisotopic (exact) mass is 1040 g/mol. The van der Waals surface area contributed by atoms with Gasteiger partial charge in [-0.1, -0.05) is 25.7 Å². The van der Waals surface area contributed by atoms with Gasteiger partial charge in [-0.3, -0.25) is 29.0 Å². The smallest absolute Gasteiger partial charge is 0.358 e. The van der Waals surface area contributed by atoms with Crippen molar-refractivity contribution < 1.29 is 24.1 Å². The SMILES string of the molecule is CN(C)C(=O)c1cc2cnc(Cl)nc2n1C1CCCC1.CN(C)C(=O)c1cc2cnc(Nc3ccc(N4CCN5CCCC5C4=O)cn3)nc2n1C1CCCC1.O=C1C2CCCN2CCN1c1ccc([N+](=O)[O-])nc1. The van der Waals surface area contributed by atoms with Gasteiger partial charge in [0.25, 0.3) is 11.8 Å². The Balaban J connectivity index is 0.000000139. The molecule has 0 spiro atoms. The fourth-order valence-electron chi connectivity index (χ4n) is 11.6. The first-order valence-electron chi connectivity index (χ1n) is 26.0. The van der Waals surface area contributed by atoms with Gasteiger partial charge in [0.05, 0.1) is 29.7 Å². The molecule has 4 amide bonds. The van der Waals surface area contributed by atoms with Gasteiger partial charge in [-0.25, -0.2) is 15.0 Å². The molecule has 4 aliphatic heterocycles. The van der Waals surface area contributed by atoms with Gasteiger partial charge in [-0.2, -0.15) is 9.97 Å². The Morgan fingerprint density at radius 2 is 1.11 bits per heavy atom. The van der Waals surface area contributed by atoms with Crippen LogP contribution < -0.4 is 15.1 Å². The highest BCUT2D eigenvalue weighted by Crippen LogP contribution is 2.37. The summed E-state index contributed by atoms with van der Waals surface area (Å²) in [5.41, 5.74) is 4.32. The van der Waals surface area contributed by atoms with Crippen LogP contribution in [-0.4, -0.2) is 167 Å². The topological polar surface area (TPSA) is 230 Å². The third kappa shape index (κ3) is 10.6. The Labute approximate surface area is 439 Å². The number of hydrogen-bond acceptors (Lipinski definition) is 15. The lowest BCUT2D eigenvalue weighted by molar-refractivity contribution is -0.389. The van der Waals surface area contributed by atoms with E-state index < -0.39 is 4.92 Å². The van der Waals surface area contributed by atoms with Gasteiger partial charge in [0, 0.05) is 95.7 Å². The Morgan fingerprint density at radius 3 is 1.57 bits per heavy atom. The lowest BCUT2D eigenvalue weighted by Crippen LogP contribution is -2.54. The molecule has 6 aromatic heterocycles. The Kier molecular flexibility index (Phi) is 15.0. The number of amides is 4. The lowest BCUT2D eigenvalue weighted by atomic mass is 10.1. The van der Waals surface area contributed by atoms with E-state index in [0.717, 1.165) is 118 Å². The first kappa shape index (κ1) is 51.3. The number of nitro groups is 1. The first-order chi connectivity index (χ1) is 36.2. The van der Waals surface area contributed by atoms with Crippen molar-refractivity contribution in [1.29, 1.82) is 0 Å². The van der Waals surface area contributed by atoms with Crippen molar-refractivity contribution in [3.05, 3.63) is 88.0 Å². The van der Waals surface area contributed by atoms with E-state index in [-0.39, 0.29) is 52.9 Å².